The van der Waals surface area contributed by atoms with E-state index in [2.05, 4.69) is 50.8 Å². The van der Waals surface area contributed by atoms with Crippen molar-refractivity contribution in [2.45, 2.75) is 0 Å². The largest absolute Gasteiger partial charge is 0.471 e. The zero-order valence-corrected chi connectivity index (χ0v) is 16.7. The highest BCUT2D eigenvalue weighted by Gasteiger charge is 2.13. The third-order valence-electron chi connectivity index (χ3n) is 1.38. The maximum atomic E-state index is 10.1. The van der Waals surface area contributed by atoms with E-state index in [4.69, 9.17) is 14.7 Å². The van der Waals surface area contributed by atoms with Crippen LogP contribution in [0.4, 0.5) is 0 Å². The van der Waals surface area contributed by atoms with Gasteiger partial charge in [-0.15, -0.1) is 0 Å². The molecule has 0 saturated carbocycles. The molecule has 0 rings (SSSR count). The lowest BCUT2D eigenvalue weighted by atomic mass is 11.8. The predicted octanol–water partition coefficient (Wildman–Crippen LogP) is 1.37. The summed E-state index contributed by atoms with van der Waals surface area (Å²) in [5.74, 6) is 0. The summed E-state index contributed by atoms with van der Waals surface area (Å²) < 4.78 is 35.4. The van der Waals surface area contributed by atoms with Crippen molar-refractivity contribution in [3.63, 3.8) is 0 Å². The summed E-state index contributed by atoms with van der Waals surface area (Å²) in [5.41, 5.74) is 0. The molecular weight excluding hydrogens is 389 g/mol. The summed E-state index contributed by atoms with van der Waals surface area (Å²) >= 11 is 8.74. The molecule has 10 nitrogen and oxygen atoms in total. The lowest BCUT2D eigenvalue weighted by molar-refractivity contribution is 0.204. The fourth-order valence-electron chi connectivity index (χ4n) is 0.224. The summed E-state index contributed by atoms with van der Waals surface area (Å²) in [6.45, 7) is -5.64. The van der Waals surface area contributed by atoms with Gasteiger partial charge in [0, 0.05) is 42.7 Å². The van der Waals surface area contributed by atoms with Gasteiger partial charge in [0.25, 0.3) is 0 Å². The maximum absolute atomic E-state index is 10.1. The average molecular weight is 410 g/mol. The van der Waals surface area contributed by atoms with Crippen molar-refractivity contribution in [2.24, 2.45) is 0 Å². The Balaban J connectivity index is -0.000000231. The van der Waals surface area contributed by atoms with Crippen molar-refractivity contribution < 1.29 is 46.4 Å². The van der Waals surface area contributed by atoms with Crippen LogP contribution in [0.3, 0.4) is 0 Å². The second kappa shape index (κ2) is 13.6. The Morgan fingerprint density at radius 3 is 0.810 bits per heavy atom. The van der Waals surface area contributed by atoms with Gasteiger partial charge in [0.1, 0.15) is 0 Å². The van der Waals surface area contributed by atoms with E-state index < -0.39 is 21.3 Å². The highest BCUT2D eigenvalue weighted by atomic mass is 32.5. The Hall–Kier alpha value is 1.17. The van der Waals surface area contributed by atoms with E-state index in [1.54, 1.807) is 0 Å². The molecule has 0 aliphatic carbocycles. The smallest absolute Gasteiger partial charge is 0.324 e. The Kier molecular flexibility index (Phi) is 17.5. The van der Waals surface area contributed by atoms with Crippen molar-refractivity contribution >= 4 is 44.9 Å². The summed E-state index contributed by atoms with van der Waals surface area (Å²) in [6, 6.07) is 0. The second-order valence-electron chi connectivity index (χ2n) is 2.50. The molecule has 0 aromatic heterocycles. The lowest BCUT2D eigenvalue weighted by Crippen LogP contribution is -1.83. The van der Waals surface area contributed by atoms with Crippen molar-refractivity contribution in [1.29, 1.82) is 0 Å². The van der Waals surface area contributed by atoms with Crippen LogP contribution in [0, 0.1) is 0 Å². The van der Waals surface area contributed by atoms with Crippen LogP contribution in [0.2, 0.25) is 0 Å². The van der Waals surface area contributed by atoms with Gasteiger partial charge in [-0.05, 0) is 23.6 Å². The van der Waals surface area contributed by atoms with Gasteiger partial charge in [0.2, 0.25) is 0 Å². The molecule has 0 radical (unpaired) electrons. The van der Waals surface area contributed by atoms with Gasteiger partial charge >= 0.3 is 21.3 Å². The fourth-order valence-corrected chi connectivity index (χ4v) is 0.671. The van der Waals surface area contributed by atoms with Gasteiger partial charge in [-0.3, -0.25) is 9.05 Å². The van der Waals surface area contributed by atoms with Crippen LogP contribution in [0.15, 0.2) is 0 Å². The summed E-state index contributed by atoms with van der Waals surface area (Å²) in [4.78, 5) is 25.5. The van der Waals surface area contributed by atoms with E-state index in [1.165, 1.54) is 28.4 Å². The van der Waals surface area contributed by atoms with E-state index in [1.807, 2.05) is 0 Å². The first-order valence-electron chi connectivity index (χ1n) is 4.69. The van der Waals surface area contributed by atoms with E-state index >= 15 is 0 Å². The van der Waals surface area contributed by atoms with Crippen molar-refractivity contribution in [3.8, 4) is 0 Å². The zero-order valence-electron chi connectivity index (χ0n) is 12.4. The van der Waals surface area contributed by atoms with Crippen LogP contribution >= 0.6 is 21.3 Å². The molecule has 0 aromatic carbocycles. The average Bonchev–Trinajstić information content (AvgIpc) is 2.48. The van der Waals surface area contributed by atoms with Crippen LogP contribution in [0.1, 0.15) is 0 Å². The molecule has 0 bridgehead atoms. The molecule has 0 saturated heterocycles. The SMILES string of the molecule is COP(=O)(O)OC.COP(O)(=S)OC.COP(O)(=S)OC. The highest BCUT2D eigenvalue weighted by molar-refractivity contribution is 8.07. The first kappa shape index (κ1) is 27.0. The molecule has 3 N–H and O–H groups in total. The standard InChI is InChI=1S/C2H7O4P.2C2H7O3PS/c1-5-7(3,4)6-2;2*1-4-6(3,7)5-2/h1-2H3,(H,3,4);2*1-2H3,(H,3,7). The van der Waals surface area contributed by atoms with Gasteiger partial charge in [-0.1, -0.05) is 0 Å². The van der Waals surface area contributed by atoms with Gasteiger partial charge in [0.05, 0.1) is 0 Å². The fraction of sp³-hybridized carbons (Fsp3) is 1.00. The van der Waals surface area contributed by atoms with E-state index in [-0.39, 0.29) is 0 Å². The van der Waals surface area contributed by atoms with E-state index in [9.17, 15) is 4.57 Å². The monoisotopic (exact) mass is 410 g/mol. The summed E-state index contributed by atoms with van der Waals surface area (Å²) in [6.07, 6.45) is 0. The van der Waals surface area contributed by atoms with Crippen LogP contribution in [-0.2, 0) is 55.3 Å². The van der Waals surface area contributed by atoms with E-state index in [0.29, 0.717) is 0 Å². The molecule has 0 aliphatic heterocycles. The van der Waals surface area contributed by atoms with Gasteiger partial charge < -0.3 is 32.8 Å². The normalized spacial score (nSPS) is 11.9. The van der Waals surface area contributed by atoms with Gasteiger partial charge in [-0.2, -0.15) is 0 Å². The third kappa shape index (κ3) is 21.2. The molecule has 0 atom stereocenters. The van der Waals surface area contributed by atoms with Crippen molar-refractivity contribution in [3.05, 3.63) is 0 Å². The minimum absolute atomic E-state index is 1.10. The van der Waals surface area contributed by atoms with E-state index in [0.717, 1.165) is 14.2 Å². The number of rotatable bonds is 6. The maximum Gasteiger partial charge on any atom is 0.471 e. The predicted molar refractivity (Wildman–Crippen MR) is 84.9 cm³/mol. The Labute approximate surface area is 134 Å². The number of phosphoric ester groups is 1. The minimum Gasteiger partial charge on any atom is -0.324 e. The summed E-state index contributed by atoms with van der Waals surface area (Å²) in [5, 5.41) is 0. The van der Waals surface area contributed by atoms with Gasteiger partial charge in [-0.25, -0.2) is 4.57 Å². The molecule has 0 unspecified atom stereocenters. The molecule has 0 aromatic rings. The number of hydrogen-bond donors (Lipinski definition) is 3. The topological polar surface area (TPSA) is 133 Å². The molecular formula is C6H21O10P3S2. The zero-order chi connectivity index (χ0) is 17.7. The Morgan fingerprint density at radius 1 is 0.619 bits per heavy atom. The molecule has 0 fully saturated rings. The molecule has 132 valence electrons. The lowest BCUT2D eigenvalue weighted by Gasteiger charge is -2.06. The molecule has 0 aliphatic rings. The highest BCUT2D eigenvalue weighted by Crippen LogP contribution is 2.41. The Morgan fingerprint density at radius 2 is 0.810 bits per heavy atom. The van der Waals surface area contributed by atoms with Gasteiger partial charge in [0.15, 0.2) is 0 Å². The number of phosphoric acid groups is 1. The molecule has 0 spiro atoms. The second-order valence-corrected chi connectivity index (χ2v) is 10.3. The van der Waals surface area contributed by atoms with Crippen molar-refractivity contribution in [1.82, 2.24) is 0 Å². The molecule has 15 heteroatoms. The molecule has 0 heterocycles. The molecule has 0 amide bonds. The summed E-state index contributed by atoms with van der Waals surface area (Å²) in [7, 11) is 3.79. The van der Waals surface area contributed by atoms with Crippen LogP contribution in [0.5, 0.6) is 0 Å². The first-order valence-corrected chi connectivity index (χ1v) is 11.4. The minimum atomic E-state index is -3.65. The Bertz CT molecular complexity index is 310. The molecule has 21 heavy (non-hydrogen) atoms. The van der Waals surface area contributed by atoms with Crippen molar-refractivity contribution in [2.75, 3.05) is 42.7 Å². The van der Waals surface area contributed by atoms with Crippen LogP contribution in [-0.4, -0.2) is 57.3 Å². The quantitative estimate of drug-likeness (QED) is 0.546. The van der Waals surface area contributed by atoms with Crippen LogP contribution < -0.4 is 0 Å². The first-order chi connectivity index (χ1) is 9.36. The number of hydrogen-bond acceptors (Lipinski definition) is 9. The third-order valence-corrected chi connectivity index (χ3v) is 5.94. The van der Waals surface area contributed by atoms with Crippen LogP contribution in [0.25, 0.3) is 0 Å².